The number of rotatable bonds is 9. The third-order valence-corrected chi connectivity index (χ3v) is 11.1. The van der Waals surface area contributed by atoms with Crippen LogP contribution in [0.2, 0.25) is 18.1 Å². The number of aromatic nitrogens is 3. The fourth-order valence-corrected chi connectivity index (χ4v) is 5.05. The van der Waals surface area contributed by atoms with Crippen LogP contribution in [0.4, 0.5) is 0 Å². The van der Waals surface area contributed by atoms with Crippen molar-refractivity contribution in [2.24, 2.45) is 5.92 Å². The zero-order valence-electron chi connectivity index (χ0n) is 19.4. The maximum absolute atomic E-state index is 12.8. The number of hydrogen-bond acceptors (Lipinski definition) is 5. The van der Waals surface area contributed by atoms with E-state index in [1.165, 1.54) is 5.56 Å². The number of nitrogens with zero attached hydrogens (tertiary/aromatic N) is 3. The summed E-state index contributed by atoms with van der Waals surface area (Å²) in [5, 5.41) is 11.1. The number of amides is 1. The summed E-state index contributed by atoms with van der Waals surface area (Å²) >= 11 is 0. The molecule has 0 spiro atoms. The molecule has 0 aliphatic carbocycles. The Morgan fingerprint density at radius 2 is 1.94 bits per heavy atom. The number of nitrogens with one attached hydrogen (secondary N) is 1. The molecule has 0 bridgehead atoms. The highest BCUT2D eigenvalue weighted by atomic mass is 28.4. The Balaban J connectivity index is 1.56. The van der Waals surface area contributed by atoms with Gasteiger partial charge in [-0.15, -0.1) is 5.10 Å². The van der Waals surface area contributed by atoms with Gasteiger partial charge >= 0.3 is 0 Å². The van der Waals surface area contributed by atoms with Gasteiger partial charge in [0.15, 0.2) is 14.1 Å². The zero-order valence-corrected chi connectivity index (χ0v) is 20.4. The standard InChI is InChI=1S/C23H34N4O3Si/c1-16(30-31(5,6)23(2,3)4)21-18(24-22(21)29)14-20(28)19-15-27(26-25-19)13-12-17-10-8-7-9-11-17/h7-11,15-16,18,21H,12-14H2,1-6H3,(H,24,29)/t16-,18-,21-/m1/s1. The van der Waals surface area contributed by atoms with Crippen molar-refractivity contribution in [3.63, 3.8) is 0 Å². The van der Waals surface area contributed by atoms with Crippen LogP contribution in [-0.2, 0) is 22.2 Å². The minimum atomic E-state index is -2.00. The molecule has 7 nitrogen and oxygen atoms in total. The van der Waals surface area contributed by atoms with Gasteiger partial charge in [-0.05, 0) is 37.0 Å². The van der Waals surface area contributed by atoms with Gasteiger partial charge in [-0.1, -0.05) is 56.3 Å². The molecule has 168 valence electrons. The maximum Gasteiger partial charge on any atom is 0.228 e. The minimum absolute atomic E-state index is 0.0458. The topological polar surface area (TPSA) is 86.1 Å². The van der Waals surface area contributed by atoms with Gasteiger partial charge in [0, 0.05) is 13.0 Å². The van der Waals surface area contributed by atoms with Crippen LogP contribution in [0, 0.1) is 5.92 Å². The molecular weight excluding hydrogens is 408 g/mol. The Hall–Kier alpha value is -2.32. The Bertz CT molecular complexity index is 920. The van der Waals surface area contributed by atoms with Crippen molar-refractivity contribution in [1.82, 2.24) is 20.3 Å². The summed E-state index contributed by atoms with van der Waals surface area (Å²) in [7, 11) is -2.00. The van der Waals surface area contributed by atoms with Crippen LogP contribution in [0.3, 0.4) is 0 Å². The highest BCUT2D eigenvalue weighted by Gasteiger charge is 2.48. The van der Waals surface area contributed by atoms with Gasteiger partial charge in [0.1, 0.15) is 5.69 Å². The first kappa shape index (κ1) is 23.3. The van der Waals surface area contributed by atoms with Gasteiger partial charge in [-0.3, -0.25) is 14.3 Å². The molecule has 2 aromatic rings. The highest BCUT2D eigenvalue weighted by Crippen LogP contribution is 2.39. The normalized spacial score (nSPS) is 20.1. The van der Waals surface area contributed by atoms with Crippen LogP contribution >= 0.6 is 0 Å². The SMILES string of the molecule is C[C@@H](O[Si](C)(C)C(C)(C)C)[C@H]1C(=O)N[C@@H]1CC(=O)c1cn(CCc2ccccc2)nn1. The van der Waals surface area contributed by atoms with Gasteiger partial charge in [-0.2, -0.15) is 0 Å². The molecule has 3 rings (SSSR count). The van der Waals surface area contributed by atoms with E-state index < -0.39 is 8.32 Å². The van der Waals surface area contributed by atoms with E-state index in [1.54, 1.807) is 10.9 Å². The molecular formula is C23H34N4O3Si. The van der Waals surface area contributed by atoms with Crippen molar-refractivity contribution >= 4 is 20.0 Å². The van der Waals surface area contributed by atoms with Gasteiger partial charge < -0.3 is 9.74 Å². The second-order valence-electron chi connectivity index (χ2n) is 9.95. The molecule has 1 aromatic heterocycles. The highest BCUT2D eigenvalue weighted by molar-refractivity contribution is 6.74. The van der Waals surface area contributed by atoms with E-state index >= 15 is 0 Å². The van der Waals surface area contributed by atoms with Crippen molar-refractivity contribution in [1.29, 1.82) is 0 Å². The van der Waals surface area contributed by atoms with Crippen LogP contribution in [0.15, 0.2) is 36.5 Å². The molecule has 1 aromatic carbocycles. The number of aryl methyl sites for hydroxylation is 2. The van der Waals surface area contributed by atoms with E-state index in [1.807, 2.05) is 25.1 Å². The van der Waals surface area contributed by atoms with E-state index in [4.69, 9.17) is 4.43 Å². The van der Waals surface area contributed by atoms with E-state index in [-0.39, 0.29) is 41.2 Å². The Labute approximate surface area is 185 Å². The average Bonchev–Trinajstić information content (AvgIpc) is 3.14. The molecule has 0 unspecified atom stereocenters. The van der Waals surface area contributed by atoms with Crippen LogP contribution in [0.1, 0.15) is 50.2 Å². The van der Waals surface area contributed by atoms with Crippen molar-refractivity contribution in [3.05, 3.63) is 47.8 Å². The molecule has 0 radical (unpaired) electrons. The lowest BCUT2D eigenvalue weighted by atomic mass is 9.83. The molecule has 1 aliphatic heterocycles. The van der Waals surface area contributed by atoms with E-state index in [0.29, 0.717) is 12.2 Å². The summed E-state index contributed by atoms with van der Waals surface area (Å²) in [4.78, 5) is 25.0. The van der Waals surface area contributed by atoms with Gasteiger partial charge in [-0.25, -0.2) is 0 Å². The Kier molecular flexibility index (Phi) is 6.81. The molecule has 1 N–H and O–H groups in total. The molecule has 0 saturated carbocycles. The molecule has 3 atom stereocenters. The number of carbonyl (C=O) groups excluding carboxylic acids is 2. The number of carbonyl (C=O) groups is 2. The first-order valence-corrected chi connectivity index (χ1v) is 13.8. The first-order chi connectivity index (χ1) is 14.5. The molecule has 1 fully saturated rings. The monoisotopic (exact) mass is 442 g/mol. The number of β-lactam (4-membered cyclic amide) rings is 1. The lowest BCUT2D eigenvalue weighted by molar-refractivity contribution is -0.139. The second kappa shape index (κ2) is 9.04. The molecule has 1 saturated heterocycles. The third kappa shape index (κ3) is 5.49. The Morgan fingerprint density at radius 3 is 2.55 bits per heavy atom. The summed E-state index contributed by atoms with van der Waals surface area (Å²) in [6, 6.07) is 9.90. The van der Waals surface area contributed by atoms with Gasteiger partial charge in [0.05, 0.1) is 24.3 Å². The number of hydrogen-bond donors (Lipinski definition) is 1. The largest absolute Gasteiger partial charge is 0.413 e. The summed E-state index contributed by atoms with van der Waals surface area (Å²) in [6.45, 7) is 13.5. The van der Waals surface area contributed by atoms with E-state index in [9.17, 15) is 9.59 Å². The molecule has 1 amide bonds. The predicted molar refractivity (Wildman–Crippen MR) is 122 cm³/mol. The van der Waals surface area contributed by atoms with Crippen LogP contribution in [-0.4, -0.2) is 47.1 Å². The quantitative estimate of drug-likeness (QED) is 0.364. The first-order valence-electron chi connectivity index (χ1n) is 10.9. The van der Waals surface area contributed by atoms with E-state index in [0.717, 1.165) is 6.42 Å². The number of benzene rings is 1. The van der Waals surface area contributed by atoms with Crippen molar-refractivity contribution in [2.75, 3.05) is 0 Å². The van der Waals surface area contributed by atoms with Crippen molar-refractivity contribution in [3.8, 4) is 0 Å². The average molecular weight is 443 g/mol. The smallest absolute Gasteiger partial charge is 0.228 e. The predicted octanol–water partition coefficient (Wildman–Crippen LogP) is 3.62. The lowest BCUT2D eigenvalue weighted by Crippen LogP contribution is -2.64. The summed E-state index contributed by atoms with van der Waals surface area (Å²) in [5.74, 6) is -0.470. The molecule has 2 heterocycles. The minimum Gasteiger partial charge on any atom is -0.413 e. The fraction of sp³-hybridized carbons (Fsp3) is 0.565. The summed E-state index contributed by atoms with van der Waals surface area (Å²) < 4.78 is 8.10. The lowest BCUT2D eigenvalue weighted by Gasteiger charge is -2.45. The molecule has 8 heteroatoms. The van der Waals surface area contributed by atoms with Crippen molar-refractivity contribution < 1.29 is 14.0 Å². The zero-order chi connectivity index (χ0) is 22.8. The molecule has 1 aliphatic rings. The summed E-state index contributed by atoms with van der Waals surface area (Å²) in [6.07, 6.45) is 2.49. The third-order valence-electron chi connectivity index (χ3n) is 6.56. The molecule has 31 heavy (non-hydrogen) atoms. The van der Waals surface area contributed by atoms with Crippen LogP contribution in [0.5, 0.6) is 0 Å². The van der Waals surface area contributed by atoms with Gasteiger partial charge in [0.2, 0.25) is 5.91 Å². The number of ketones is 1. The van der Waals surface area contributed by atoms with Crippen LogP contribution < -0.4 is 5.32 Å². The van der Waals surface area contributed by atoms with Gasteiger partial charge in [0.25, 0.3) is 0 Å². The summed E-state index contributed by atoms with van der Waals surface area (Å²) in [5.41, 5.74) is 1.55. The van der Waals surface area contributed by atoms with E-state index in [2.05, 4.69) is 61.6 Å². The maximum atomic E-state index is 12.8. The fourth-order valence-electron chi connectivity index (χ4n) is 3.62. The number of Topliss-reactive ketones (excluding diaryl/α,β-unsaturated/α-hetero) is 1. The Morgan fingerprint density at radius 1 is 1.26 bits per heavy atom. The van der Waals surface area contributed by atoms with Crippen molar-refractivity contribution in [2.45, 2.75) is 77.4 Å². The van der Waals surface area contributed by atoms with Crippen LogP contribution in [0.25, 0.3) is 0 Å². The second-order valence-corrected chi connectivity index (χ2v) is 14.7.